The summed E-state index contributed by atoms with van der Waals surface area (Å²) in [5.41, 5.74) is 6.87. The second kappa shape index (κ2) is 4.84. The Morgan fingerprint density at radius 2 is 2.43 bits per heavy atom. The van der Waals surface area contributed by atoms with Crippen LogP contribution in [0.4, 0.5) is 0 Å². The van der Waals surface area contributed by atoms with E-state index in [2.05, 4.69) is 9.55 Å². The summed E-state index contributed by atoms with van der Waals surface area (Å²) < 4.78 is 2.38. The van der Waals surface area contributed by atoms with Gasteiger partial charge in [0.15, 0.2) is 0 Å². The summed E-state index contributed by atoms with van der Waals surface area (Å²) >= 11 is 1.88. The number of imidazole rings is 1. The summed E-state index contributed by atoms with van der Waals surface area (Å²) in [4.78, 5) is 4.47. The molecule has 0 saturated carbocycles. The topological polar surface area (TPSA) is 43.8 Å². The molecule has 1 aliphatic heterocycles. The van der Waals surface area contributed by atoms with Crippen LogP contribution in [0.25, 0.3) is 0 Å². The van der Waals surface area contributed by atoms with E-state index in [9.17, 15) is 0 Å². The highest BCUT2D eigenvalue weighted by Crippen LogP contribution is 2.19. The molecule has 1 aliphatic rings. The van der Waals surface area contributed by atoms with Gasteiger partial charge in [-0.25, -0.2) is 4.98 Å². The molecular weight excluding hydrogens is 194 g/mol. The number of fused-ring (bicyclic) bond motifs is 1. The first-order valence-electron chi connectivity index (χ1n) is 5.23. The van der Waals surface area contributed by atoms with Crippen molar-refractivity contribution in [3.05, 3.63) is 17.7 Å². The van der Waals surface area contributed by atoms with Crippen molar-refractivity contribution in [1.82, 2.24) is 9.55 Å². The molecule has 0 aliphatic carbocycles. The molecular formula is C10H17N3S. The largest absolute Gasteiger partial charge is 0.331 e. The normalized spacial score (nSPS) is 15.5. The molecule has 1 aromatic rings. The van der Waals surface area contributed by atoms with Gasteiger partial charge in [0.1, 0.15) is 5.82 Å². The van der Waals surface area contributed by atoms with Gasteiger partial charge in [0, 0.05) is 30.7 Å². The first-order valence-corrected chi connectivity index (χ1v) is 6.38. The van der Waals surface area contributed by atoms with Crippen LogP contribution in [0.15, 0.2) is 6.20 Å². The first-order chi connectivity index (χ1) is 6.92. The maximum Gasteiger partial charge on any atom is 0.118 e. The van der Waals surface area contributed by atoms with Crippen LogP contribution in [0.1, 0.15) is 24.4 Å². The predicted octanol–water partition coefficient (Wildman–Crippen LogP) is 1.41. The second-order valence-electron chi connectivity index (χ2n) is 3.62. The molecule has 0 fully saturated rings. The third-order valence-electron chi connectivity index (χ3n) is 2.58. The molecule has 2 N–H and O–H groups in total. The van der Waals surface area contributed by atoms with Crippen molar-refractivity contribution in [2.75, 3.05) is 12.3 Å². The number of hydrogen-bond acceptors (Lipinski definition) is 3. The summed E-state index contributed by atoms with van der Waals surface area (Å²) in [6, 6.07) is 0. The Morgan fingerprint density at radius 1 is 1.50 bits per heavy atom. The van der Waals surface area contributed by atoms with E-state index in [4.69, 9.17) is 5.73 Å². The van der Waals surface area contributed by atoms with E-state index < -0.39 is 0 Å². The highest BCUT2D eigenvalue weighted by molar-refractivity contribution is 7.98. The molecule has 2 heterocycles. The summed E-state index contributed by atoms with van der Waals surface area (Å²) in [5, 5.41) is 0. The summed E-state index contributed by atoms with van der Waals surface area (Å²) in [6.45, 7) is 1.92. The molecule has 0 bridgehead atoms. The quantitative estimate of drug-likeness (QED) is 0.766. The Bertz CT molecular complexity index is 296. The third-order valence-corrected chi connectivity index (χ3v) is 3.57. The van der Waals surface area contributed by atoms with Crippen LogP contribution in [0.3, 0.4) is 0 Å². The van der Waals surface area contributed by atoms with Crippen LogP contribution < -0.4 is 5.73 Å². The van der Waals surface area contributed by atoms with E-state index in [1.54, 1.807) is 0 Å². The predicted molar refractivity (Wildman–Crippen MR) is 60.4 cm³/mol. The zero-order valence-electron chi connectivity index (χ0n) is 8.41. The second-order valence-corrected chi connectivity index (χ2v) is 4.72. The number of nitrogens with two attached hydrogens (primary N) is 1. The summed E-state index contributed by atoms with van der Waals surface area (Å²) in [7, 11) is 0. The van der Waals surface area contributed by atoms with Crippen LogP contribution in [-0.4, -0.2) is 21.8 Å². The monoisotopic (exact) mass is 211 g/mol. The van der Waals surface area contributed by atoms with E-state index in [0.29, 0.717) is 0 Å². The van der Waals surface area contributed by atoms with Crippen molar-refractivity contribution in [2.24, 2.45) is 5.73 Å². The van der Waals surface area contributed by atoms with Crippen molar-refractivity contribution in [3.63, 3.8) is 0 Å². The van der Waals surface area contributed by atoms with Crippen molar-refractivity contribution in [2.45, 2.75) is 31.6 Å². The summed E-state index contributed by atoms with van der Waals surface area (Å²) in [5.74, 6) is 3.28. The average Bonchev–Trinajstić information content (AvgIpc) is 2.63. The Balaban J connectivity index is 1.99. The molecule has 78 valence electrons. The van der Waals surface area contributed by atoms with Gasteiger partial charge >= 0.3 is 0 Å². The molecule has 0 unspecified atom stereocenters. The average molecular weight is 211 g/mol. The minimum absolute atomic E-state index is 0.762. The highest BCUT2D eigenvalue weighted by atomic mass is 32.2. The third kappa shape index (κ3) is 2.12. The zero-order chi connectivity index (χ0) is 9.80. The van der Waals surface area contributed by atoms with Gasteiger partial charge in [-0.15, -0.1) is 0 Å². The van der Waals surface area contributed by atoms with Gasteiger partial charge in [-0.3, -0.25) is 0 Å². The Labute approximate surface area is 89.1 Å². The minimum Gasteiger partial charge on any atom is -0.331 e. The van der Waals surface area contributed by atoms with Gasteiger partial charge < -0.3 is 10.3 Å². The van der Waals surface area contributed by atoms with Crippen molar-refractivity contribution in [3.8, 4) is 0 Å². The SMILES string of the molecule is NCCSCc1ncc2n1CCCC2. The van der Waals surface area contributed by atoms with Crippen LogP contribution >= 0.6 is 11.8 Å². The molecule has 0 aromatic carbocycles. The molecule has 3 nitrogen and oxygen atoms in total. The Kier molecular flexibility index (Phi) is 3.48. The lowest BCUT2D eigenvalue weighted by molar-refractivity contribution is 0.521. The molecule has 0 atom stereocenters. The molecule has 2 rings (SSSR count). The lowest BCUT2D eigenvalue weighted by atomic mass is 10.1. The van der Waals surface area contributed by atoms with Crippen LogP contribution in [0.2, 0.25) is 0 Å². The molecule has 1 aromatic heterocycles. The molecule has 0 spiro atoms. The number of thioether (sulfide) groups is 1. The highest BCUT2D eigenvalue weighted by Gasteiger charge is 2.12. The fourth-order valence-corrected chi connectivity index (χ4v) is 2.59. The van der Waals surface area contributed by atoms with Gasteiger partial charge in [-0.1, -0.05) is 0 Å². The van der Waals surface area contributed by atoms with Crippen LogP contribution in [0.5, 0.6) is 0 Å². The molecule has 0 amide bonds. The fraction of sp³-hybridized carbons (Fsp3) is 0.700. The van der Waals surface area contributed by atoms with E-state index in [0.717, 1.165) is 24.6 Å². The van der Waals surface area contributed by atoms with Crippen molar-refractivity contribution >= 4 is 11.8 Å². The van der Waals surface area contributed by atoms with Gasteiger partial charge in [-0.2, -0.15) is 11.8 Å². The maximum absolute atomic E-state index is 5.46. The lowest BCUT2D eigenvalue weighted by Gasteiger charge is -2.16. The number of rotatable bonds is 4. The van der Waals surface area contributed by atoms with Crippen molar-refractivity contribution in [1.29, 1.82) is 0 Å². The lowest BCUT2D eigenvalue weighted by Crippen LogP contribution is -2.12. The number of hydrogen-bond donors (Lipinski definition) is 1. The molecule has 0 radical (unpaired) electrons. The van der Waals surface area contributed by atoms with E-state index in [1.165, 1.54) is 30.8 Å². The van der Waals surface area contributed by atoms with Gasteiger partial charge in [0.05, 0.1) is 5.75 Å². The Morgan fingerprint density at radius 3 is 3.29 bits per heavy atom. The number of nitrogens with zero attached hydrogens (tertiary/aromatic N) is 2. The number of aryl methyl sites for hydroxylation is 1. The minimum atomic E-state index is 0.762. The Hall–Kier alpha value is -0.480. The molecule has 0 saturated heterocycles. The van der Waals surface area contributed by atoms with E-state index >= 15 is 0 Å². The number of aromatic nitrogens is 2. The summed E-state index contributed by atoms with van der Waals surface area (Å²) in [6.07, 6.45) is 5.87. The smallest absolute Gasteiger partial charge is 0.118 e. The first kappa shape index (κ1) is 10.1. The van der Waals surface area contributed by atoms with E-state index in [1.807, 2.05) is 18.0 Å². The fourth-order valence-electron chi connectivity index (χ4n) is 1.86. The standard InChI is InChI=1S/C10H17N3S/c11-4-6-14-8-10-12-7-9-3-1-2-5-13(9)10/h7H,1-6,8,11H2. The van der Waals surface area contributed by atoms with Crippen LogP contribution in [0, 0.1) is 0 Å². The zero-order valence-corrected chi connectivity index (χ0v) is 9.22. The van der Waals surface area contributed by atoms with Crippen molar-refractivity contribution < 1.29 is 0 Å². The molecule has 4 heteroatoms. The molecule has 14 heavy (non-hydrogen) atoms. The van der Waals surface area contributed by atoms with Gasteiger partial charge in [0.25, 0.3) is 0 Å². The maximum atomic E-state index is 5.46. The van der Waals surface area contributed by atoms with Gasteiger partial charge in [0.2, 0.25) is 0 Å². The van der Waals surface area contributed by atoms with Crippen LogP contribution in [-0.2, 0) is 18.7 Å². The van der Waals surface area contributed by atoms with Gasteiger partial charge in [-0.05, 0) is 19.3 Å². The van der Waals surface area contributed by atoms with E-state index in [-0.39, 0.29) is 0 Å².